The fraction of sp³-hybridized carbons (Fsp3) is 0.733. The van der Waals surface area contributed by atoms with Gasteiger partial charge in [0.05, 0.1) is 12.5 Å². The van der Waals surface area contributed by atoms with Gasteiger partial charge in [-0.1, -0.05) is 0 Å². The van der Waals surface area contributed by atoms with Crippen molar-refractivity contribution < 1.29 is 9.90 Å². The van der Waals surface area contributed by atoms with Gasteiger partial charge in [-0.05, 0) is 61.8 Å². The lowest BCUT2D eigenvalue weighted by molar-refractivity contribution is -0.136. The highest BCUT2D eigenvalue weighted by atomic mass is 16.4. The van der Waals surface area contributed by atoms with Crippen LogP contribution in [0.4, 0.5) is 0 Å². The van der Waals surface area contributed by atoms with Crippen LogP contribution in [0.3, 0.4) is 0 Å². The molecule has 102 valence electrons. The molecule has 4 nitrogen and oxygen atoms in total. The van der Waals surface area contributed by atoms with Crippen LogP contribution < -0.4 is 0 Å². The molecule has 4 saturated carbocycles. The highest BCUT2D eigenvalue weighted by Gasteiger charge is 2.49. The number of hydrogen-bond acceptors (Lipinski definition) is 2. The van der Waals surface area contributed by atoms with E-state index in [-0.39, 0.29) is 6.42 Å². The fourth-order valence-electron chi connectivity index (χ4n) is 5.20. The van der Waals surface area contributed by atoms with Crippen LogP contribution in [0.5, 0.6) is 0 Å². The highest BCUT2D eigenvalue weighted by Crippen LogP contribution is 2.58. The van der Waals surface area contributed by atoms with Crippen LogP contribution in [0.1, 0.15) is 43.8 Å². The van der Waals surface area contributed by atoms with Gasteiger partial charge in [0.25, 0.3) is 0 Å². The van der Waals surface area contributed by atoms with Gasteiger partial charge in [-0.2, -0.15) is 5.10 Å². The van der Waals surface area contributed by atoms with Gasteiger partial charge in [0.1, 0.15) is 0 Å². The van der Waals surface area contributed by atoms with Crippen molar-refractivity contribution in [1.29, 1.82) is 0 Å². The van der Waals surface area contributed by atoms with Crippen LogP contribution in [0.15, 0.2) is 12.3 Å². The summed E-state index contributed by atoms with van der Waals surface area (Å²) in [6.45, 7) is 0. The Hall–Kier alpha value is -1.32. The lowest BCUT2D eigenvalue weighted by Gasteiger charge is -2.54. The van der Waals surface area contributed by atoms with Gasteiger partial charge in [0.15, 0.2) is 0 Å². The zero-order chi connectivity index (χ0) is 13.0. The Bertz CT molecular complexity index is 480. The molecule has 0 amide bonds. The lowest BCUT2D eigenvalue weighted by atomic mass is 9.54. The van der Waals surface area contributed by atoms with Crippen molar-refractivity contribution in [1.82, 2.24) is 9.78 Å². The molecule has 0 saturated heterocycles. The first kappa shape index (κ1) is 11.5. The van der Waals surface area contributed by atoms with E-state index in [0.29, 0.717) is 6.04 Å². The number of aromatic nitrogens is 2. The number of nitrogens with zero attached hydrogens (tertiary/aromatic N) is 2. The third kappa shape index (κ3) is 1.80. The van der Waals surface area contributed by atoms with E-state index in [1.807, 2.05) is 6.07 Å². The predicted molar refractivity (Wildman–Crippen MR) is 69.6 cm³/mol. The molecule has 4 bridgehead atoms. The van der Waals surface area contributed by atoms with E-state index in [0.717, 1.165) is 29.4 Å². The number of aliphatic carboxylic acids is 1. The van der Waals surface area contributed by atoms with Crippen molar-refractivity contribution in [3.63, 3.8) is 0 Å². The second kappa shape index (κ2) is 4.09. The average molecular weight is 260 g/mol. The molecule has 1 heterocycles. The summed E-state index contributed by atoms with van der Waals surface area (Å²) in [6.07, 6.45) is 8.66. The largest absolute Gasteiger partial charge is 0.481 e. The van der Waals surface area contributed by atoms with Crippen LogP contribution in [0.2, 0.25) is 0 Å². The normalized spacial score (nSPS) is 39.7. The summed E-state index contributed by atoms with van der Waals surface area (Å²) in [5, 5.41) is 13.5. The molecule has 1 N–H and O–H groups in total. The average Bonchev–Trinajstić information content (AvgIpc) is 2.75. The van der Waals surface area contributed by atoms with Gasteiger partial charge in [-0.3, -0.25) is 9.48 Å². The second-order valence-electron chi connectivity index (χ2n) is 6.76. The Kier molecular flexibility index (Phi) is 2.47. The third-order valence-corrected chi connectivity index (χ3v) is 5.54. The molecule has 0 unspecified atom stereocenters. The molecule has 1 aromatic heterocycles. The fourth-order valence-corrected chi connectivity index (χ4v) is 5.20. The van der Waals surface area contributed by atoms with Crippen molar-refractivity contribution in [2.24, 2.45) is 23.7 Å². The van der Waals surface area contributed by atoms with Crippen molar-refractivity contribution in [2.45, 2.75) is 44.6 Å². The Morgan fingerprint density at radius 1 is 1.21 bits per heavy atom. The van der Waals surface area contributed by atoms with E-state index in [1.54, 1.807) is 6.20 Å². The number of carbonyl (C=O) groups is 1. The molecule has 0 spiro atoms. The summed E-state index contributed by atoms with van der Waals surface area (Å²) in [5.41, 5.74) is 0.880. The molecule has 0 aromatic carbocycles. The first-order chi connectivity index (χ1) is 9.20. The minimum atomic E-state index is -0.759. The SMILES string of the molecule is O=C(O)Cc1ccnn1C1C2CC3CC(C2)CC1C3. The molecule has 5 rings (SSSR count). The minimum Gasteiger partial charge on any atom is -0.481 e. The van der Waals surface area contributed by atoms with Gasteiger partial charge >= 0.3 is 5.97 Å². The lowest BCUT2D eigenvalue weighted by Crippen LogP contribution is -2.46. The Balaban J connectivity index is 1.65. The van der Waals surface area contributed by atoms with Gasteiger partial charge in [0.2, 0.25) is 0 Å². The summed E-state index contributed by atoms with van der Waals surface area (Å²) < 4.78 is 2.06. The zero-order valence-electron chi connectivity index (χ0n) is 11.0. The second-order valence-corrected chi connectivity index (χ2v) is 6.76. The van der Waals surface area contributed by atoms with Crippen LogP contribution in [-0.4, -0.2) is 20.9 Å². The van der Waals surface area contributed by atoms with Crippen molar-refractivity contribution in [3.8, 4) is 0 Å². The van der Waals surface area contributed by atoms with Crippen LogP contribution >= 0.6 is 0 Å². The predicted octanol–water partition coefficient (Wildman–Crippen LogP) is 2.51. The molecule has 19 heavy (non-hydrogen) atoms. The zero-order valence-corrected chi connectivity index (χ0v) is 11.0. The van der Waals surface area contributed by atoms with E-state index < -0.39 is 5.97 Å². The molecule has 0 aliphatic heterocycles. The first-order valence-corrected chi connectivity index (χ1v) is 7.45. The summed E-state index contributed by atoms with van der Waals surface area (Å²) >= 11 is 0. The summed E-state index contributed by atoms with van der Waals surface area (Å²) in [4.78, 5) is 11.0. The van der Waals surface area contributed by atoms with Gasteiger partial charge in [-0.25, -0.2) is 0 Å². The molecule has 0 atom stereocenters. The van der Waals surface area contributed by atoms with Crippen LogP contribution in [0, 0.1) is 23.7 Å². The monoisotopic (exact) mass is 260 g/mol. The minimum absolute atomic E-state index is 0.1000. The molecule has 4 aliphatic rings. The summed E-state index contributed by atoms with van der Waals surface area (Å²) in [5.74, 6) is 2.60. The van der Waals surface area contributed by atoms with E-state index in [2.05, 4.69) is 9.78 Å². The van der Waals surface area contributed by atoms with Crippen molar-refractivity contribution in [2.75, 3.05) is 0 Å². The molecule has 4 heteroatoms. The van der Waals surface area contributed by atoms with E-state index in [4.69, 9.17) is 5.11 Å². The van der Waals surface area contributed by atoms with Crippen LogP contribution in [0.25, 0.3) is 0 Å². The number of rotatable bonds is 3. The Morgan fingerprint density at radius 3 is 2.42 bits per heavy atom. The highest BCUT2D eigenvalue weighted by molar-refractivity contribution is 5.69. The maximum atomic E-state index is 11.0. The summed E-state index contributed by atoms with van der Waals surface area (Å²) in [6, 6.07) is 2.34. The molecule has 0 radical (unpaired) electrons. The van der Waals surface area contributed by atoms with E-state index in [1.165, 1.54) is 32.1 Å². The van der Waals surface area contributed by atoms with E-state index in [9.17, 15) is 4.79 Å². The Morgan fingerprint density at radius 2 is 1.84 bits per heavy atom. The molecular weight excluding hydrogens is 240 g/mol. The van der Waals surface area contributed by atoms with Crippen molar-refractivity contribution in [3.05, 3.63) is 18.0 Å². The standard InChI is InChI=1S/C15H20N2O2/c18-14(19)8-13-1-2-16-17(13)15-11-4-9-3-10(6-11)7-12(15)5-9/h1-2,9-12,15H,3-8H2,(H,18,19). The maximum absolute atomic E-state index is 11.0. The maximum Gasteiger partial charge on any atom is 0.309 e. The quantitative estimate of drug-likeness (QED) is 0.908. The van der Waals surface area contributed by atoms with Crippen molar-refractivity contribution >= 4 is 5.97 Å². The number of carboxylic acid groups (broad SMARTS) is 1. The van der Waals surface area contributed by atoms with Gasteiger partial charge in [0, 0.05) is 11.9 Å². The summed E-state index contributed by atoms with van der Waals surface area (Å²) in [7, 11) is 0. The van der Waals surface area contributed by atoms with Gasteiger partial charge < -0.3 is 5.11 Å². The molecule has 1 aromatic rings. The third-order valence-electron chi connectivity index (χ3n) is 5.54. The topological polar surface area (TPSA) is 55.1 Å². The smallest absolute Gasteiger partial charge is 0.309 e. The molecule has 4 aliphatic carbocycles. The molecular formula is C15H20N2O2. The molecule has 4 fully saturated rings. The Labute approximate surface area is 112 Å². The first-order valence-electron chi connectivity index (χ1n) is 7.45. The van der Waals surface area contributed by atoms with E-state index >= 15 is 0 Å². The number of hydrogen-bond donors (Lipinski definition) is 1. The van der Waals surface area contributed by atoms with Crippen LogP contribution in [-0.2, 0) is 11.2 Å². The number of carboxylic acids is 1. The van der Waals surface area contributed by atoms with Gasteiger partial charge in [-0.15, -0.1) is 0 Å².